The second-order valence-corrected chi connectivity index (χ2v) is 12.8. The number of esters is 1. The fourth-order valence-corrected chi connectivity index (χ4v) is 6.66. The number of terminal acetylenes is 1. The number of aromatic nitrogens is 2. The van der Waals surface area contributed by atoms with Gasteiger partial charge >= 0.3 is 18.3 Å². The van der Waals surface area contributed by atoms with Crippen LogP contribution in [-0.4, -0.2) is 62.3 Å². The van der Waals surface area contributed by atoms with Crippen molar-refractivity contribution in [3.05, 3.63) is 75.6 Å². The van der Waals surface area contributed by atoms with Crippen molar-refractivity contribution in [3.63, 3.8) is 0 Å². The number of aliphatic hydroxyl groups excluding tert-OH is 1. The summed E-state index contributed by atoms with van der Waals surface area (Å²) < 4.78 is 24.1. The van der Waals surface area contributed by atoms with E-state index in [0.29, 0.717) is 5.75 Å². The van der Waals surface area contributed by atoms with Gasteiger partial charge in [-0.15, -0.1) is 6.42 Å². The first-order valence-electron chi connectivity index (χ1n) is 12.6. The molecule has 0 spiro atoms. The Hall–Kier alpha value is -3.34. The number of aromatic amines is 1. The first-order chi connectivity index (χ1) is 19.4. The normalized spacial score (nSPS) is 24.5. The van der Waals surface area contributed by atoms with Crippen molar-refractivity contribution in [1.82, 2.24) is 14.6 Å². The predicted molar refractivity (Wildman–Crippen MR) is 154 cm³/mol. The van der Waals surface area contributed by atoms with E-state index in [1.54, 1.807) is 26.0 Å². The number of rotatable bonds is 10. The Morgan fingerprint density at radius 1 is 1.24 bits per heavy atom. The molecule has 41 heavy (non-hydrogen) atoms. The van der Waals surface area contributed by atoms with Crippen LogP contribution in [0, 0.1) is 12.3 Å². The van der Waals surface area contributed by atoms with Gasteiger partial charge in [-0.05, 0) is 44.0 Å². The number of aliphatic hydroxyl groups is 2. The lowest BCUT2D eigenvalue weighted by atomic mass is 9.95. The Morgan fingerprint density at radius 3 is 2.63 bits per heavy atom. The van der Waals surface area contributed by atoms with Crippen LogP contribution in [0.2, 0.25) is 0 Å². The standard InChI is InChI=1S/C27H30N3O9PS/c1-5-27(35)23(32)21(38-25(27)30-14-13-22(31)28-26(30)34)15-36-40(41,29-17(4)24(33)37-16(2)3)39-20-12-8-10-18-9-6-7-11-19(18)20/h1,6-14,16-17,21,23,25,32,35H,15H2,2-4H3,(H,29,41)(H,28,31,34). The molecule has 6 atom stereocenters. The number of hydrogen-bond donors (Lipinski definition) is 4. The maximum absolute atomic E-state index is 12.6. The summed E-state index contributed by atoms with van der Waals surface area (Å²) >= 11 is 5.79. The Labute approximate surface area is 240 Å². The zero-order valence-electron chi connectivity index (χ0n) is 22.4. The van der Waals surface area contributed by atoms with Crippen LogP contribution >= 0.6 is 6.64 Å². The summed E-state index contributed by atoms with van der Waals surface area (Å²) in [6, 6.07) is 12.9. The summed E-state index contributed by atoms with van der Waals surface area (Å²) in [4.78, 5) is 38.5. The third-order valence-corrected chi connectivity index (χ3v) is 8.74. The second kappa shape index (κ2) is 12.3. The molecule has 4 rings (SSSR count). The summed E-state index contributed by atoms with van der Waals surface area (Å²) in [6.45, 7) is 0.904. The quantitative estimate of drug-likeness (QED) is 0.151. The van der Waals surface area contributed by atoms with Gasteiger partial charge < -0.3 is 28.7 Å². The molecule has 1 fully saturated rings. The zero-order valence-corrected chi connectivity index (χ0v) is 24.1. The lowest BCUT2D eigenvalue weighted by Gasteiger charge is -2.28. The van der Waals surface area contributed by atoms with Crippen molar-refractivity contribution in [2.24, 2.45) is 0 Å². The summed E-state index contributed by atoms with van der Waals surface area (Å²) in [5.74, 6) is 1.88. The maximum atomic E-state index is 12.6. The molecule has 2 heterocycles. The number of ether oxygens (including phenoxy) is 2. The van der Waals surface area contributed by atoms with Gasteiger partial charge in [0, 0.05) is 17.6 Å². The van der Waals surface area contributed by atoms with Crippen molar-refractivity contribution >= 4 is 35.2 Å². The van der Waals surface area contributed by atoms with Crippen LogP contribution in [0.1, 0.15) is 27.0 Å². The molecule has 2 aromatic carbocycles. The molecule has 1 aliphatic heterocycles. The molecule has 0 amide bonds. The molecular formula is C27H30N3O9PS. The molecule has 1 aliphatic rings. The van der Waals surface area contributed by atoms with Crippen LogP contribution in [0.15, 0.2) is 64.3 Å². The minimum atomic E-state index is -3.59. The molecule has 6 unspecified atom stereocenters. The van der Waals surface area contributed by atoms with Gasteiger partial charge in [0.25, 0.3) is 5.56 Å². The average Bonchev–Trinajstić information content (AvgIpc) is 3.17. The highest BCUT2D eigenvalue weighted by atomic mass is 32.5. The van der Waals surface area contributed by atoms with E-state index in [-0.39, 0.29) is 6.10 Å². The van der Waals surface area contributed by atoms with Gasteiger partial charge in [0.2, 0.25) is 0 Å². The van der Waals surface area contributed by atoms with E-state index in [4.69, 9.17) is 36.8 Å². The summed E-state index contributed by atoms with van der Waals surface area (Å²) in [5.41, 5.74) is -3.94. The number of H-pyrrole nitrogens is 1. The second-order valence-electron chi connectivity index (χ2n) is 9.66. The van der Waals surface area contributed by atoms with Crippen LogP contribution in [0.5, 0.6) is 5.75 Å². The number of hydrogen-bond acceptors (Lipinski definition) is 10. The van der Waals surface area contributed by atoms with Crippen LogP contribution in [0.25, 0.3) is 10.8 Å². The van der Waals surface area contributed by atoms with Gasteiger partial charge in [-0.1, -0.05) is 42.3 Å². The minimum Gasteiger partial charge on any atom is -0.462 e. The molecule has 0 saturated carbocycles. The smallest absolute Gasteiger partial charge is 0.330 e. The largest absolute Gasteiger partial charge is 0.462 e. The van der Waals surface area contributed by atoms with Gasteiger partial charge in [-0.2, -0.15) is 0 Å². The molecule has 0 aliphatic carbocycles. The lowest BCUT2D eigenvalue weighted by molar-refractivity contribution is -0.149. The van der Waals surface area contributed by atoms with E-state index in [0.717, 1.165) is 27.6 Å². The highest BCUT2D eigenvalue weighted by Gasteiger charge is 2.56. The zero-order chi connectivity index (χ0) is 29.9. The van der Waals surface area contributed by atoms with Crippen LogP contribution < -0.4 is 20.9 Å². The highest BCUT2D eigenvalue weighted by molar-refractivity contribution is 8.09. The third-order valence-electron chi connectivity index (χ3n) is 6.25. The van der Waals surface area contributed by atoms with E-state index in [1.165, 1.54) is 6.92 Å². The Bertz CT molecular complexity index is 1630. The summed E-state index contributed by atoms with van der Waals surface area (Å²) in [5, 5.41) is 26.6. The van der Waals surface area contributed by atoms with Crippen molar-refractivity contribution < 1.29 is 33.5 Å². The molecule has 0 radical (unpaired) electrons. The third kappa shape index (κ3) is 6.60. The molecule has 0 bridgehead atoms. The number of carbonyl (C=O) groups is 1. The lowest BCUT2D eigenvalue weighted by Crippen LogP contribution is -2.48. The molecule has 218 valence electrons. The Balaban J connectivity index is 1.62. The summed E-state index contributed by atoms with van der Waals surface area (Å²) in [6.07, 6.45) is 1.65. The van der Waals surface area contributed by atoms with Crippen molar-refractivity contribution in [2.45, 2.75) is 57.0 Å². The number of nitrogens with zero attached hydrogens (tertiary/aromatic N) is 1. The number of fused-ring (bicyclic) bond motifs is 1. The van der Waals surface area contributed by atoms with Crippen LogP contribution in [-0.2, 0) is 30.6 Å². The van der Waals surface area contributed by atoms with E-state index in [9.17, 15) is 24.6 Å². The van der Waals surface area contributed by atoms with Gasteiger partial charge in [-0.3, -0.25) is 19.1 Å². The molecule has 3 aromatic rings. The molecule has 1 aromatic heterocycles. The van der Waals surface area contributed by atoms with Gasteiger partial charge in [-0.25, -0.2) is 9.88 Å². The fraction of sp³-hybridized carbons (Fsp3) is 0.370. The van der Waals surface area contributed by atoms with E-state index < -0.39 is 60.5 Å². The van der Waals surface area contributed by atoms with Gasteiger partial charge in [0.1, 0.15) is 24.0 Å². The number of benzene rings is 2. The molecule has 12 nitrogen and oxygen atoms in total. The molecule has 4 N–H and O–H groups in total. The molecular weight excluding hydrogens is 573 g/mol. The van der Waals surface area contributed by atoms with E-state index >= 15 is 0 Å². The minimum absolute atomic E-state index is 0.374. The average molecular weight is 604 g/mol. The highest BCUT2D eigenvalue weighted by Crippen LogP contribution is 2.48. The van der Waals surface area contributed by atoms with Gasteiger partial charge in [0.15, 0.2) is 11.8 Å². The van der Waals surface area contributed by atoms with Crippen LogP contribution in [0.4, 0.5) is 0 Å². The fourth-order valence-electron chi connectivity index (χ4n) is 4.24. The maximum Gasteiger partial charge on any atom is 0.330 e. The van der Waals surface area contributed by atoms with Gasteiger partial charge in [0.05, 0.1) is 12.7 Å². The topological polar surface area (TPSA) is 161 Å². The summed E-state index contributed by atoms with van der Waals surface area (Å²) in [7, 11) is 0. The first-order valence-corrected chi connectivity index (χ1v) is 15.3. The SMILES string of the molecule is C#CC1(O)C(O)C(COP(=S)(NC(C)C(=O)OC(C)C)Oc2cccc3ccccc23)OC1n1ccc(=O)[nH]c1=O. The molecule has 14 heteroatoms. The Morgan fingerprint density at radius 2 is 1.95 bits per heavy atom. The van der Waals surface area contributed by atoms with Crippen molar-refractivity contribution in [1.29, 1.82) is 0 Å². The predicted octanol–water partition coefficient (Wildman–Crippen LogP) is 1.56. The van der Waals surface area contributed by atoms with E-state index in [1.807, 2.05) is 35.3 Å². The van der Waals surface area contributed by atoms with Crippen molar-refractivity contribution in [3.8, 4) is 18.1 Å². The number of nitrogens with one attached hydrogen (secondary N) is 2. The monoisotopic (exact) mass is 603 g/mol. The number of carbonyl (C=O) groups excluding carboxylic acids is 1. The van der Waals surface area contributed by atoms with Crippen molar-refractivity contribution in [2.75, 3.05) is 6.61 Å². The Kier molecular flexibility index (Phi) is 9.16. The van der Waals surface area contributed by atoms with E-state index in [2.05, 4.69) is 11.0 Å². The first kappa shape index (κ1) is 30.6. The molecule has 1 saturated heterocycles. The van der Waals surface area contributed by atoms with Crippen LogP contribution in [0.3, 0.4) is 0 Å².